The Labute approximate surface area is 189 Å². The molecule has 4 aromatic carbocycles. The summed E-state index contributed by atoms with van der Waals surface area (Å²) in [6, 6.07) is 14.5. The van der Waals surface area contributed by atoms with Crippen molar-refractivity contribution in [2.75, 3.05) is 0 Å². The Morgan fingerprint density at radius 1 is 0.719 bits per heavy atom. The molecule has 0 bridgehead atoms. The Hall–Kier alpha value is -2.85. The molecule has 0 fully saturated rings. The van der Waals surface area contributed by atoms with Crippen LogP contribution in [0.1, 0.15) is 31.7 Å². The van der Waals surface area contributed by atoms with Crippen LogP contribution in [0.2, 0.25) is 5.02 Å². The number of fused-ring (bicyclic) bond motifs is 1. The molecule has 4 rings (SSSR count). The maximum absolute atomic E-state index is 15.3. The first-order valence-electron chi connectivity index (χ1n) is 10.5. The normalized spacial score (nSPS) is 11.3. The number of aryl methyl sites for hydroxylation is 1. The third-order valence-electron chi connectivity index (χ3n) is 5.65. The molecule has 5 heteroatoms. The average molecular weight is 457 g/mol. The van der Waals surface area contributed by atoms with Crippen LogP contribution in [0.25, 0.3) is 33.0 Å². The van der Waals surface area contributed by atoms with Crippen molar-refractivity contribution in [3.63, 3.8) is 0 Å². The van der Waals surface area contributed by atoms with Crippen LogP contribution in [0, 0.1) is 23.3 Å². The summed E-state index contributed by atoms with van der Waals surface area (Å²) in [5.41, 5.74) is 0.937. The molecule has 0 aliphatic rings. The highest BCUT2D eigenvalue weighted by atomic mass is 35.5. The van der Waals surface area contributed by atoms with E-state index < -0.39 is 23.3 Å². The molecule has 32 heavy (non-hydrogen) atoms. The Balaban J connectivity index is 1.73. The predicted molar refractivity (Wildman–Crippen MR) is 123 cm³/mol. The van der Waals surface area contributed by atoms with Crippen molar-refractivity contribution in [3.8, 4) is 22.3 Å². The Bertz CT molecular complexity index is 1270. The molecular formula is C27H21ClF4. The summed E-state index contributed by atoms with van der Waals surface area (Å²) in [4.78, 5) is 0. The van der Waals surface area contributed by atoms with Crippen molar-refractivity contribution < 1.29 is 17.6 Å². The van der Waals surface area contributed by atoms with E-state index in [2.05, 4.69) is 6.92 Å². The maximum atomic E-state index is 15.3. The highest BCUT2D eigenvalue weighted by Crippen LogP contribution is 2.35. The largest absolute Gasteiger partial charge is 0.206 e. The van der Waals surface area contributed by atoms with E-state index in [1.165, 1.54) is 18.2 Å². The van der Waals surface area contributed by atoms with E-state index in [1.807, 2.05) is 12.1 Å². The van der Waals surface area contributed by atoms with Crippen LogP contribution in [-0.4, -0.2) is 0 Å². The second kappa shape index (κ2) is 9.33. The van der Waals surface area contributed by atoms with Gasteiger partial charge < -0.3 is 0 Å². The van der Waals surface area contributed by atoms with Gasteiger partial charge >= 0.3 is 0 Å². The SMILES string of the molecule is CCCCCc1ccc2c(F)c(-c3cc(F)c(-c4ccc(Cl)c(F)c4)c(F)c3)ccc2c1. The molecule has 0 radical (unpaired) electrons. The highest BCUT2D eigenvalue weighted by Gasteiger charge is 2.18. The molecule has 0 saturated heterocycles. The second-order valence-corrected chi connectivity index (χ2v) is 8.29. The van der Waals surface area contributed by atoms with Gasteiger partial charge in [-0.1, -0.05) is 67.8 Å². The van der Waals surface area contributed by atoms with E-state index >= 15 is 4.39 Å². The minimum Gasteiger partial charge on any atom is -0.206 e. The standard InChI is InChI=1S/C27H21ClF4/c1-2-3-4-5-16-6-9-20-17(12-16)7-10-21(27(20)32)19-14-24(30)26(25(31)15-19)18-8-11-22(28)23(29)13-18/h6-15H,2-5H2,1H3. The number of hydrogen-bond donors (Lipinski definition) is 0. The van der Waals surface area contributed by atoms with Crippen molar-refractivity contribution in [3.05, 3.63) is 94.5 Å². The number of unbranched alkanes of at least 4 members (excludes halogenated alkanes) is 2. The zero-order valence-electron chi connectivity index (χ0n) is 17.5. The summed E-state index contributed by atoms with van der Waals surface area (Å²) in [6.07, 6.45) is 4.27. The quantitative estimate of drug-likeness (QED) is 0.200. The van der Waals surface area contributed by atoms with Gasteiger partial charge in [-0.05, 0) is 59.2 Å². The molecule has 0 amide bonds. The lowest BCUT2D eigenvalue weighted by Crippen LogP contribution is -1.95. The summed E-state index contributed by atoms with van der Waals surface area (Å²) >= 11 is 5.66. The van der Waals surface area contributed by atoms with Gasteiger partial charge in [0.05, 0.1) is 10.6 Å². The van der Waals surface area contributed by atoms with Gasteiger partial charge in [-0.2, -0.15) is 0 Å². The topological polar surface area (TPSA) is 0 Å². The summed E-state index contributed by atoms with van der Waals surface area (Å²) in [6.45, 7) is 2.14. The molecule has 0 unspecified atom stereocenters. The molecule has 0 aromatic heterocycles. The van der Waals surface area contributed by atoms with Gasteiger partial charge in [-0.25, -0.2) is 17.6 Å². The summed E-state index contributed by atoms with van der Waals surface area (Å²) in [5.74, 6) is -3.13. The van der Waals surface area contributed by atoms with Gasteiger partial charge in [0, 0.05) is 10.9 Å². The first-order chi connectivity index (χ1) is 15.4. The van der Waals surface area contributed by atoms with Gasteiger partial charge in [-0.15, -0.1) is 0 Å². The fourth-order valence-corrected chi connectivity index (χ4v) is 4.07. The van der Waals surface area contributed by atoms with E-state index in [4.69, 9.17) is 11.6 Å². The van der Waals surface area contributed by atoms with Crippen LogP contribution in [0.15, 0.2) is 60.7 Å². The fraction of sp³-hybridized carbons (Fsp3) is 0.185. The molecule has 0 atom stereocenters. The molecule has 0 spiro atoms. The van der Waals surface area contributed by atoms with Crippen LogP contribution in [-0.2, 0) is 6.42 Å². The Morgan fingerprint density at radius 2 is 1.44 bits per heavy atom. The van der Waals surface area contributed by atoms with E-state index in [0.29, 0.717) is 5.39 Å². The molecule has 0 aliphatic heterocycles. The maximum Gasteiger partial charge on any atom is 0.142 e. The lowest BCUT2D eigenvalue weighted by atomic mass is 9.95. The van der Waals surface area contributed by atoms with Crippen molar-refractivity contribution in [2.24, 2.45) is 0 Å². The molecule has 0 N–H and O–H groups in total. The van der Waals surface area contributed by atoms with Gasteiger partial charge in [0.1, 0.15) is 23.3 Å². The lowest BCUT2D eigenvalue weighted by Gasteiger charge is -2.12. The zero-order chi connectivity index (χ0) is 22.8. The Kier molecular flexibility index (Phi) is 6.52. The zero-order valence-corrected chi connectivity index (χ0v) is 18.2. The smallest absolute Gasteiger partial charge is 0.142 e. The predicted octanol–water partition coefficient (Wildman–Crippen LogP) is 9.12. The van der Waals surface area contributed by atoms with Crippen LogP contribution in [0.4, 0.5) is 17.6 Å². The molecule has 4 aromatic rings. The average Bonchev–Trinajstić information content (AvgIpc) is 2.76. The van der Waals surface area contributed by atoms with E-state index in [0.717, 1.165) is 54.8 Å². The molecule has 0 heterocycles. The van der Waals surface area contributed by atoms with E-state index in [-0.39, 0.29) is 27.3 Å². The van der Waals surface area contributed by atoms with Gasteiger partial charge in [0.25, 0.3) is 0 Å². The summed E-state index contributed by atoms with van der Waals surface area (Å²) < 4.78 is 58.7. The summed E-state index contributed by atoms with van der Waals surface area (Å²) in [7, 11) is 0. The minimum atomic E-state index is -0.910. The first kappa shape index (κ1) is 22.3. The van der Waals surface area contributed by atoms with Crippen LogP contribution in [0.5, 0.6) is 0 Å². The number of rotatable bonds is 6. The van der Waals surface area contributed by atoms with Crippen molar-refractivity contribution in [1.29, 1.82) is 0 Å². The summed E-state index contributed by atoms with van der Waals surface area (Å²) in [5, 5.41) is 0.999. The van der Waals surface area contributed by atoms with Gasteiger partial charge in [0.2, 0.25) is 0 Å². The molecule has 0 aliphatic carbocycles. The third kappa shape index (κ3) is 4.37. The Morgan fingerprint density at radius 3 is 2.12 bits per heavy atom. The van der Waals surface area contributed by atoms with Crippen LogP contribution in [0.3, 0.4) is 0 Å². The third-order valence-corrected chi connectivity index (χ3v) is 5.96. The molecule has 0 saturated carbocycles. The van der Waals surface area contributed by atoms with Gasteiger partial charge in [0.15, 0.2) is 0 Å². The molecular weight excluding hydrogens is 436 g/mol. The van der Waals surface area contributed by atoms with Crippen molar-refractivity contribution in [2.45, 2.75) is 32.6 Å². The number of hydrogen-bond acceptors (Lipinski definition) is 0. The monoisotopic (exact) mass is 456 g/mol. The van der Waals surface area contributed by atoms with Crippen molar-refractivity contribution in [1.82, 2.24) is 0 Å². The fourth-order valence-electron chi connectivity index (χ4n) is 3.95. The van der Waals surface area contributed by atoms with Crippen LogP contribution >= 0.6 is 11.6 Å². The molecule has 164 valence electrons. The van der Waals surface area contributed by atoms with Gasteiger partial charge in [-0.3, -0.25) is 0 Å². The highest BCUT2D eigenvalue weighted by molar-refractivity contribution is 6.30. The molecule has 0 nitrogen and oxygen atoms in total. The number of benzene rings is 4. The van der Waals surface area contributed by atoms with E-state index in [9.17, 15) is 13.2 Å². The first-order valence-corrected chi connectivity index (χ1v) is 10.9. The van der Waals surface area contributed by atoms with Crippen molar-refractivity contribution >= 4 is 22.4 Å². The second-order valence-electron chi connectivity index (χ2n) is 7.88. The number of halogens is 5. The minimum absolute atomic E-state index is 0.0167. The van der Waals surface area contributed by atoms with Crippen LogP contribution < -0.4 is 0 Å². The lowest BCUT2D eigenvalue weighted by molar-refractivity contribution is 0.589. The van der Waals surface area contributed by atoms with E-state index in [1.54, 1.807) is 12.1 Å².